The first-order valence-corrected chi connectivity index (χ1v) is 10.2. The Morgan fingerprint density at radius 1 is 1.13 bits per heavy atom. The van der Waals surface area contributed by atoms with Gasteiger partial charge in [0.05, 0.1) is 11.3 Å². The SMILES string of the molecule is CC[C@H](C)NC(=O)[C@H](C)N(Cc1ccc(Cl)cc1)C(=O)Cc1ccccc1[N+](=O)[O-]. The summed E-state index contributed by atoms with van der Waals surface area (Å²) in [5, 5.41) is 14.8. The predicted octanol–water partition coefficient (Wildman–Crippen LogP) is 4.12. The van der Waals surface area contributed by atoms with E-state index < -0.39 is 11.0 Å². The van der Waals surface area contributed by atoms with Crippen LogP contribution < -0.4 is 5.32 Å². The van der Waals surface area contributed by atoms with Gasteiger partial charge in [-0.1, -0.05) is 48.9 Å². The van der Waals surface area contributed by atoms with Crippen LogP contribution in [0.4, 0.5) is 5.69 Å². The van der Waals surface area contributed by atoms with Crippen molar-refractivity contribution in [2.45, 2.75) is 52.2 Å². The van der Waals surface area contributed by atoms with Crippen LogP contribution in [0.1, 0.15) is 38.3 Å². The first-order chi connectivity index (χ1) is 14.2. The Hall–Kier alpha value is -2.93. The topological polar surface area (TPSA) is 92.6 Å². The maximum absolute atomic E-state index is 13.2. The Labute approximate surface area is 181 Å². The summed E-state index contributed by atoms with van der Waals surface area (Å²) in [5.41, 5.74) is 0.996. The zero-order valence-electron chi connectivity index (χ0n) is 17.3. The van der Waals surface area contributed by atoms with E-state index in [0.717, 1.165) is 12.0 Å². The predicted molar refractivity (Wildman–Crippen MR) is 116 cm³/mol. The standard InChI is InChI=1S/C22H26ClN3O4/c1-4-15(2)24-22(28)16(3)25(14-17-9-11-19(23)12-10-17)21(27)13-18-7-5-6-8-20(18)26(29)30/h5-12,15-16H,4,13-14H2,1-3H3,(H,24,28)/t15-,16-/m0/s1. The van der Waals surface area contributed by atoms with Gasteiger partial charge >= 0.3 is 0 Å². The summed E-state index contributed by atoms with van der Waals surface area (Å²) in [6, 6.07) is 12.4. The molecule has 2 aromatic rings. The van der Waals surface area contributed by atoms with Crippen molar-refractivity contribution in [1.29, 1.82) is 0 Å². The lowest BCUT2D eigenvalue weighted by Gasteiger charge is -2.29. The first kappa shape index (κ1) is 23.3. The fourth-order valence-corrected chi connectivity index (χ4v) is 3.06. The van der Waals surface area contributed by atoms with Crippen molar-refractivity contribution in [2.75, 3.05) is 0 Å². The fourth-order valence-electron chi connectivity index (χ4n) is 2.94. The van der Waals surface area contributed by atoms with Crippen LogP contribution in [0.2, 0.25) is 5.02 Å². The molecule has 2 rings (SSSR count). The molecule has 1 N–H and O–H groups in total. The van der Waals surface area contributed by atoms with Crippen molar-refractivity contribution in [3.8, 4) is 0 Å². The van der Waals surface area contributed by atoms with Crippen LogP contribution in [0.25, 0.3) is 0 Å². The van der Waals surface area contributed by atoms with Crippen LogP contribution in [0.15, 0.2) is 48.5 Å². The minimum Gasteiger partial charge on any atom is -0.352 e. The average Bonchev–Trinajstić information content (AvgIpc) is 2.72. The van der Waals surface area contributed by atoms with Gasteiger partial charge in [-0.3, -0.25) is 19.7 Å². The van der Waals surface area contributed by atoms with Gasteiger partial charge < -0.3 is 10.2 Å². The van der Waals surface area contributed by atoms with Gasteiger partial charge in [0.25, 0.3) is 5.69 Å². The summed E-state index contributed by atoms with van der Waals surface area (Å²) in [4.78, 5) is 38.1. The van der Waals surface area contributed by atoms with Gasteiger partial charge in [0.15, 0.2) is 0 Å². The van der Waals surface area contributed by atoms with Crippen molar-refractivity contribution in [3.63, 3.8) is 0 Å². The summed E-state index contributed by atoms with van der Waals surface area (Å²) in [6.45, 7) is 5.70. The molecule has 2 amide bonds. The first-order valence-electron chi connectivity index (χ1n) is 9.79. The number of hydrogen-bond donors (Lipinski definition) is 1. The largest absolute Gasteiger partial charge is 0.352 e. The molecule has 0 saturated carbocycles. The monoisotopic (exact) mass is 431 g/mol. The fraction of sp³-hybridized carbons (Fsp3) is 0.364. The van der Waals surface area contributed by atoms with Crippen LogP contribution in [-0.4, -0.2) is 33.7 Å². The molecule has 7 nitrogen and oxygen atoms in total. The minimum atomic E-state index is -0.745. The normalized spacial score (nSPS) is 12.7. The Kier molecular flexibility index (Phi) is 8.35. The molecule has 2 aromatic carbocycles. The van der Waals surface area contributed by atoms with E-state index in [-0.39, 0.29) is 36.5 Å². The number of nitro groups is 1. The van der Waals surface area contributed by atoms with Crippen molar-refractivity contribution < 1.29 is 14.5 Å². The third-order valence-corrected chi connectivity index (χ3v) is 5.22. The number of benzene rings is 2. The number of nitrogens with one attached hydrogen (secondary N) is 1. The van der Waals surface area contributed by atoms with E-state index in [4.69, 9.17) is 11.6 Å². The molecule has 0 bridgehead atoms. The molecular formula is C22H26ClN3O4. The number of para-hydroxylation sites is 1. The molecule has 2 atom stereocenters. The molecule has 30 heavy (non-hydrogen) atoms. The summed E-state index contributed by atoms with van der Waals surface area (Å²) in [6.07, 6.45) is 0.589. The molecule has 0 heterocycles. The van der Waals surface area contributed by atoms with Gasteiger partial charge in [0, 0.05) is 29.2 Å². The highest BCUT2D eigenvalue weighted by atomic mass is 35.5. The Bertz CT molecular complexity index is 902. The van der Waals surface area contributed by atoms with Crippen molar-refractivity contribution in [1.82, 2.24) is 10.2 Å². The van der Waals surface area contributed by atoms with Crippen LogP contribution in [-0.2, 0) is 22.6 Å². The summed E-state index contributed by atoms with van der Waals surface area (Å²) in [7, 11) is 0. The van der Waals surface area contributed by atoms with Crippen LogP contribution >= 0.6 is 11.6 Å². The lowest BCUT2D eigenvalue weighted by molar-refractivity contribution is -0.385. The number of carbonyl (C=O) groups is 2. The number of rotatable bonds is 9. The van der Waals surface area contributed by atoms with Crippen LogP contribution in [0.5, 0.6) is 0 Å². The van der Waals surface area contributed by atoms with Gasteiger partial charge in [0.2, 0.25) is 11.8 Å². The summed E-state index contributed by atoms with van der Waals surface area (Å²) < 4.78 is 0. The molecule has 160 valence electrons. The third kappa shape index (κ3) is 6.29. The van der Waals surface area contributed by atoms with Crippen LogP contribution in [0.3, 0.4) is 0 Å². The molecule has 0 saturated heterocycles. The molecule has 0 fully saturated rings. The van der Waals surface area contributed by atoms with E-state index in [9.17, 15) is 19.7 Å². The second-order valence-corrected chi connectivity index (χ2v) is 7.64. The van der Waals surface area contributed by atoms with Crippen molar-refractivity contribution in [2.24, 2.45) is 0 Å². The van der Waals surface area contributed by atoms with E-state index >= 15 is 0 Å². The molecule has 0 aliphatic heterocycles. The molecule has 0 spiro atoms. The highest BCUT2D eigenvalue weighted by Crippen LogP contribution is 2.21. The van der Waals surface area contributed by atoms with E-state index in [1.807, 2.05) is 13.8 Å². The second kappa shape index (κ2) is 10.7. The van der Waals surface area contributed by atoms with Crippen molar-refractivity contribution >= 4 is 29.1 Å². The molecular weight excluding hydrogens is 406 g/mol. The van der Waals surface area contributed by atoms with Crippen LogP contribution in [0, 0.1) is 10.1 Å². The lowest BCUT2D eigenvalue weighted by atomic mass is 10.1. The Morgan fingerprint density at radius 2 is 1.77 bits per heavy atom. The van der Waals surface area contributed by atoms with E-state index in [2.05, 4.69) is 5.32 Å². The number of nitrogens with zero attached hydrogens (tertiary/aromatic N) is 2. The van der Waals surface area contributed by atoms with Crippen molar-refractivity contribution in [3.05, 3.63) is 74.8 Å². The van der Waals surface area contributed by atoms with Gasteiger partial charge in [0.1, 0.15) is 6.04 Å². The van der Waals surface area contributed by atoms with Gasteiger partial charge in [-0.2, -0.15) is 0 Å². The number of nitro benzene ring substituents is 1. The molecule has 0 aliphatic carbocycles. The summed E-state index contributed by atoms with van der Waals surface area (Å²) >= 11 is 5.94. The average molecular weight is 432 g/mol. The highest BCUT2D eigenvalue weighted by molar-refractivity contribution is 6.30. The third-order valence-electron chi connectivity index (χ3n) is 4.96. The summed E-state index contributed by atoms with van der Waals surface area (Å²) in [5.74, 6) is -0.639. The van der Waals surface area contributed by atoms with Gasteiger partial charge in [-0.15, -0.1) is 0 Å². The molecule has 0 unspecified atom stereocenters. The van der Waals surface area contributed by atoms with Gasteiger partial charge in [-0.25, -0.2) is 0 Å². The number of hydrogen-bond acceptors (Lipinski definition) is 4. The lowest BCUT2D eigenvalue weighted by Crippen LogP contribution is -2.49. The zero-order chi connectivity index (χ0) is 22.3. The molecule has 0 aromatic heterocycles. The smallest absolute Gasteiger partial charge is 0.273 e. The minimum absolute atomic E-state index is 0.0253. The highest BCUT2D eigenvalue weighted by Gasteiger charge is 2.28. The molecule has 0 aliphatic rings. The Morgan fingerprint density at radius 3 is 2.37 bits per heavy atom. The maximum atomic E-state index is 13.2. The second-order valence-electron chi connectivity index (χ2n) is 7.20. The number of carbonyl (C=O) groups excluding carboxylic acids is 2. The molecule has 0 radical (unpaired) electrons. The molecule has 8 heteroatoms. The van der Waals surface area contributed by atoms with E-state index in [1.54, 1.807) is 49.4 Å². The maximum Gasteiger partial charge on any atom is 0.273 e. The number of amides is 2. The quantitative estimate of drug-likeness (QED) is 0.477. The van der Waals surface area contributed by atoms with E-state index in [0.29, 0.717) is 10.6 Å². The Balaban J connectivity index is 2.29. The zero-order valence-corrected chi connectivity index (χ0v) is 18.1. The number of halogens is 1. The van der Waals surface area contributed by atoms with E-state index in [1.165, 1.54) is 11.0 Å². The van der Waals surface area contributed by atoms with Gasteiger partial charge in [-0.05, 0) is 38.0 Å².